The third-order valence-electron chi connectivity index (χ3n) is 2.67. The molecule has 0 saturated carbocycles. The molecule has 0 spiro atoms. The van der Waals surface area contributed by atoms with Crippen LogP contribution in [0.5, 0.6) is 0 Å². The van der Waals surface area contributed by atoms with Gasteiger partial charge < -0.3 is 27.8 Å². The monoisotopic (exact) mass is 311 g/mol. The molecule has 7 nitrogen and oxygen atoms in total. The molecular weight excluding hydrogens is 286 g/mol. The Morgan fingerprint density at radius 3 is 2.05 bits per heavy atom. The average Bonchev–Trinajstić information content (AvgIpc) is 2.42. The van der Waals surface area contributed by atoms with E-state index in [0.717, 1.165) is 0 Å². The van der Waals surface area contributed by atoms with Crippen LogP contribution in [0, 0.1) is 0 Å². The number of carbonyl (C=O) groups is 1. The molecule has 0 aromatic carbocycles. The number of hydrogen-bond acceptors (Lipinski definition) is 6. The van der Waals surface area contributed by atoms with Gasteiger partial charge in [-0.1, -0.05) is 13.1 Å². The Morgan fingerprint density at radius 1 is 1.16 bits per heavy atom. The molecule has 0 rings (SSSR count). The summed E-state index contributed by atoms with van der Waals surface area (Å²) in [5.74, 6) is 0. The van der Waals surface area contributed by atoms with Crippen molar-refractivity contribution in [1.82, 2.24) is 5.32 Å². The molecule has 0 saturated heterocycles. The van der Waals surface area contributed by atoms with Crippen LogP contribution >= 0.6 is 0 Å². The van der Waals surface area contributed by atoms with Gasteiger partial charge in [0, 0.05) is 33.6 Å². The van der Waals surface area contributed by atoms with E-state index in [4.69, 9.17) is 17.7 Å². The van der Waals surface area contributed by atoms with Crippen LogP contribution in [0.25, 0.3) is 0 Å². The molecule has 0 fully saturated rings. The van der Waals surface area contributed by atoms with Crippen LogP contribution in [-0.2, 0) is 22.4 Å². The predicted molar refractivity (Wildman–Crippen MR) is 75.6 cm³/mol. The maximum absolute atomic E-state index is 11.0. The van der Waals surface area contributed by atoms with Crippen LogP contribution in [0.1, 0.15) is 6.42 Å². The highest BCUT2D eigenvalue weighted by atomic mass is 28.4. The molecular formula is C10H25NO6Si2. The van der Waals surface area contributed by atoms with Crippen LogP contribution in [0.3, 0.4) is 0 Å². The summed E-state index contributed by atoms with van der Waals surface area (Å²) in [5.41, 5.74) is -0.0105. The van der Waals surface area contributed by atoms with E-state index in [-0.39, 0.29) is 5.73 Å². The summed E-state index contributed by atoms with van der Waals surface area (Å²) < 4.78 is 26.2. The fourth-order valence-corrected chi connectivity index (χ4v) is 5.20. The smallest absolute Gasteiger partial charge is 0.453 e. The van der Waals surface area contributed by atoms with Crippen LogP contribution in [0.4, 0.5) is 4.79 Å². The Hall–Kier alpha value is -0.456. The molecule has 0 radical (unpaired) electrons. The molecule has 1 amide bonds. The van der Waals surface area contributed by atoms with Gasteiger partial charge in [0.2, 0.25) is 0 Å². The second-order valence-corrected chi connectivity index (χ2v) is 9.91. The number of ether oxygens (including phenoxy) is 1. The molecule has 0 heterocycles. The van der Waals surface area contributed by atoms with E-state index < -0.39 is 23.9 Å². The minimum Gasteiger partial charge on any atom is -0.453 e. The number of alkyl carbamates (subject to hydrolysis) is 1. The number of amides is 1. The Bertz CT molecular complexity index is 254. The van der Waals surface area contributed by atoms with Crippen molar-refractivity contribution in [3.05, 3.63) is 0 Å². The van der Waals surface area contributed by atoms with Gasteiger partial charge in [-0.05, 0) is 6.42 Å². The largest absolute Gasteiger partial charge is 0.678 e. The van der Waals surface area contributed by atoms with Gasteiger partial charge in [0.15, 0.2) is 0 Å². The molecule has 114 valence electrons. The SMILES string of the molecule is COC(=O)NCCC(O[Si](OC)(OC)OC)[SiH](C)C. The van der Waals surface area contributed by atoms with E-state index in [1.54, 1.807) is 0 Å². The molecule has 0 aliphatic carbocycles. The first-order valence-electron chi connectivity index (χ1n) is 6.09. The zero-order valence-corrected chi connectivity index (χ0v) is 14.7. The Morgan fingerprint density at radius 2 is 1.68 bits per heavy atom. The zero-order valence-electron chi connectivity index (χ0n) is 12.5. The van der Waals surface area contributed by atoms with Crippen LogP contribution < -0.4 is 5.32 Å². The van der Waals surface area contributed by atoms with Crippen molar-refractivity contribution in [2.45, 2.75) is 25.2 Å². The van der Waals surface area contributed by atoms with Crippen LogP contribution in [0.2, 0.25) is 13.1 Å². The fraction of sp³-hybridized carbons (Fsp3) is 0.900. The maximum Gasteiger partial charge on any atom is 0.678 e. The lowest BCUT2D eigenvalue weighted by Gasteiger charge is -2.30. The topological polar surface area (TPSA) is 75.3 Å². The lowest BCUT2D eigenvalue weighted by molar-refractivity contribution is -0.00586. The molecule has 1 N–H and O–H groups in total. The van der Waals surface area contributed by atoms with E-state index in [1.807, 2.05) is 0 Å². The quantitative estimate of drug-likeness (QED) is 0.626. The fourth-order valence-electron chi connectivity index (χ4n) is 1.50. The standard InChI is InChI=1S/C10H25NO6Si2/c1-13-10(12)11-8-7-9(18(5)6)17-19(14-2,15-3)16-4/h9,18H,7-8H2,1-6H3,(H,11,12). The van der Waals surface area contributed by atoms with Gasteiger partial charge in [0.1, 0.15) is 0 Å². The van der Waals surface area contributed by atoms with Crippen molar-refractivity contribution in [3.63, 3.8) is 0 Å². The van der Waals surface area contributed by atoms with Crippen molar-refractivity contribution >= 4 is 23.9 Å². The number of carbonyl (C=O) groups excluding carboxylic acids is 1. The van der Waals surface area contributed by atoms with Crippen molar-refractivity contribution in [3.8, 4) is 0 Å². The van der Waals surface area contributed by atoms with Crippen molar-refractivity contribution < 1.29 is 27.2 Å². The first-order valence-corrected chi connectivity index (χ1v) is 10.7. The molecule has 0 aliphatic heterocycles. The second-order valence-electron chi connectivity index (χ2n) is 4.22. The molecule has 0 aromatic rings. The Balaban J connectivity index is 4.44. The van der Waals surface area contributed by atoms with Crippen molar-refractivity contribution in [2.24, 2.45) is 0 Å². The molecule has 9 heteroatoms. The number of methoxy groups -OCH3 is 1. The summed E-state index contributed by atoms with van der Waals surface area (Å²) in [6.45, 7) is 4.79. The third kappa shape index (κ3) is 6.50. The summed E-state index contributed by atoms with van der Waals surface area (Å²) in [7, 11) is 1.69. The summed E-state index contributed by atoms with van der Waals surface area (Å²) >= 11 is 0. The summed E-state index contributed by atoms with van der Waals surface area (Å²) in [4.78, 5) is 11.0. The minimum atomic E-state index is -3.04. The van der Waals surface area contributed by atoms with E-state index in [1.165, 1.54) is 28.4 Å². The van der Waals surface area contributed by atoms with Gasteiger partial charge in [-0.3, -0.25) is 0 Å². The minimum absolute atomic E-state index is 0.0105. The van der Waals surface area contributed by atoms with Gasteiger partial charge in [-0.2, -0.15) is 0 Å². The van der Waals surface area contributed by atoms with Gasteiger partial charge in [-0.15, -0.1) is 0 Å². The van der Waals surface area contributed by atoms with E-state index in [2.05, 4.69) is 23.1 Å². The van der Waals surface area contributed by atoms with Gasteiger partial charge in [0.05, 0.1) is 15.9 Å². The van der Waals surface area contributed by atoms with Gasteiger partial charge in [0.25, 0.3) is 0 Å². The first-order chi connectivity index (χ1) is 8.94. The highest BCUT2D eigenvalue weighted by molar-refractivity contribution is 6.60. The summed E-state index contributed by atoms with van der Waals surface area (Å²) in [5, 5.41) is 2.63. The molecule has 19 heavy (non-hydrogen) atoms. The molecule has 0 aliphatic rings. The highest BCUT2D eigenvalue weighted by Crippen LogP contribution is 2.15. The Kier molecular flexibility index (Phi) is 9.22. The molecule has 1 unspecified atom stereocenters. The van der Waals surface area contributed by atoms with Gasteiger partial charge in [-0.25, -0.2) is 4.79 Å². The number of rotatable bonds is 9. The van der Waals surface area contributed by atoms with E-state index in [9.17, 15) is 4.79 Å². The normalized spacial score (nSPS) is 13.4. The van der Waals surface area contributed by atoms with Crippen LogP contribution in [0.15, 0.2) is 0 Å². The number of hydrogen-bond donors (Lipinski definition) is 1. The highest BCUT2D eigenvalue weighted by Gasteiger charge is 2.45. The molecule has 0 bridgehead atoms. The maximum atomic E-state index is 11.0. The van der Waals surface area contributed by atoms with Crippen molar-refractivity contribution in [1.29, 1.82) is 0 Å². The predicted octanol–water partition coefficient (Wildman–Crippen LogP) is 0.518. The third-order valence-corrected chi connectivity index (χ3v) is 6.99. The van der Waals surface area contributed by atoms with Gasteiger partial charge >= 0.3 is 15.1 Å². The molecule has 0 aromatic heterocycles. The zero-order chi connectivity index (χ0) is 14.9. The summed E-state index contributed by atoms with van der Waals surface area (Å²) in [6, 6.07) is 0. The van der Waals surface area contributed by atoms with Crippen molar-refractivity contribution in [2.75, 3.05) is 35.0 Å². The first kappa shape index (κ1) is 18.5. The van der Waals surface area contributed by atoms with E-state index in [0.29, 0.717) is 13.0 Å². The van der Waals surface area contributed by atoms with Crippen LogP contribution in [-0.4, -0.2) is 64.6 Å². The molecule has 1 atom stereocenters. The summed E-state index contributed by atoms with van der Waals surface area (Å²) in [6.07, 6.45) is 0.224. The lowest BCUT2D eigenvalue weighted by atomic mass is 10.4. The number of nitrogens with one attached hydrogen (secondary N) is 1. The Labute approximate surface area is 117 Å². The lowest BCUT2D eigenvalue weighted by Crippen LogP contribution is -2.52. The second kappa shape index (κ2) is 9.45. The van der Waals surface area contributed by atoms with E-state index >= 15 is 0 Å². The average molecular weight is 311 g/mol.